The highest BCUT2D eigenvalue weighted by Gasteiger charge is 2.35. The van der Waals surface area contributed by atoms with Crippen LogP contribution in [0, 0.1) is 5.92 Å². The first-order chi connectivity index (χ1) is 5.17. The van der Waals surface area contributed by atoms with E-state index in [2.05, 4.69) is 4.72 Å². The Morgan fingerprint density at radius 1 is 1.36 bits per heavy atom. The van der Waals surface area contributed by atoms with Crippen LogP contribution in [0.25, 0.3) is 0 Å². The van der Waals surface area contributed by atoms with Gasteiger partial charge in [0.25, 0.3) is 0 Å². The van der Waals surface area contributed by atoms with Crippen molar-refractivity contribution in [2.45, 2.75) is 18.9 Å². The zero-order valence-electron chi connectivity index (χ0n) is 6.12. The first-order valence-corrected chi connectivity index (χ1v) is 5.41. The van der Waals surface area contributed by atoms with Gasteiger partial charge in [0, 0.05) is 6.54 Å². The molecule has 1 unspecified atom stereocenters. The zero-order chi connectivity index (χ0) is 7.90. The van der Waals surface area contributed by atoms with Crippen molar-refractivity contribution in [1.29, 1.82) is 0 Å². The lowest BCUT2D eigenvalue weighted by atomic mass is 10.2. The molecule has 1 aliphatic heterocycles. The van der Waals surface area contributed by atoms with E-state index in [0.29, 0.717) is 12.5 Å². The monoisotopic (exact) mass is 177 g/mol. The molecule has 64 valence electrons. The molecule has 2 fully saturated rings. The van der Waals surface area contributed by atoms with E-state index >= 15 is 0 Å². The van der Waals surface area contributed by atoms with E-state index in [4.69, 9.17) is 4.74 Å². The highest BCUT2D eigenvalue weighted by molar-refractivity contribution is 7.89. The fraction of sp³-hybridized carbons (Fsp3) is 1.00. The second-order valence-electron chi connectivity index (χ2n) is 3.12. The van der Waals surface area contributed by atoms with Crippen LogP contribution in [-0.2, 0) is 14.8 Å². The topological polar surface area (TPSA) is 55.4 Å². The predicted molar refractivity (Wildman–Crippen MR) is 39.4 cm³/mol. The summed E-state index contributed by atoms with van der Waals surface area (Å²) in [6, 6.07) is 0. The van der Waals surface area contributed by atoms with Crippen molar-refractivity contribution in [3.63, 3.8) is 0 Å². The molecule has 0 bridgehead atoms. The zero-order valence-corrected chi connectivity index (χ0v) is 6.93. The first-order valence-electron chi connectivity index (χ1n) is 3.76. The molecular weight excluding hydrogens is 166 g/mol. The van der Waals surface area contributed by atoms with Crippen molar-refractivity contribution in [2.75, 3.05) is 12.5 Å². The van der Waals surface area contributed by atoms with Crippen molar-refractivity contribution >= 4 is 10.0 Å². The molecule has 5 heteroatoms. The van der Waals surface area contributed by atoms with Gasteiger partial charge in [0.05, 0.1) is 6.10 Å². The van der Waals surface area contributed by atoms with Gasteiger partial charge >= 0.3 is 0 Å². The van der Waals surface area contributed by atoms with Crippen molar-refractivity contribution in [2.24, 2.45) is 5.92 Å². The molecule has 1 saturated heterocycles. The lowest BCUT2D eigenvalue weighted by Crippen LogP contribution is -2.43. The third-order valence-electron chi connectivity index (χ3n) is 2.09. The summed E-state index contributed by atoms with van der Waals surface area (Å²) < 4.78 is 29.2. The highest BCUT2D eigenvalue weighted by Crippen LogP contribution is 2.34. The summed E-state index contributed by atoms with van der Waals surface area (Å²) in [5.74, 6) is 0.451. The maximum absolute atomic E-state index is 10.8. The third-order valence-corrected chi connectivity index (χ3v) is 3.14. The van der Waals surface area contributed by atoms with Crippen LogP contribution in [0.15, 0.2) is 0 Å². The van der Waals surface area contributed by atoms with Crippen LogP contribution in [0.1, 0.15) is 12.8 Å². The summed E-state index contributed by atoms with van der Waals surface area (Å²) in [4.78, 5) is 0. The molecule has 0 radical (unpaired) electrons. The van der Waals surface area contributed by atoms with Crippen LogP contribution in [-0.4, -0.2) is 27.0 Å². The van der Waals surface area contributed by atoms with Crippen molar-refractivity contribution in [3.8, 4) is 0 Å². The first kappa shape index (κ1) is 7.52. The summed E-state index contributed by atoms with van der Waals surface area (Å²) in [6.45, 7) is 0.465. The van der Waals surface area contributed by atoms with Crippen LogP contribution < -0.4 is 4.72 Å². The number of hydrogen-bond donors (Lipinski definition) is 1. The van der Waals surface area contributed by atoms with Gasteiger partial charge in [-0.3, -0.25) is 0 Å². The maximum Gasteiger partial charge on any atom is 0.235 e. The van der Waals surface area contributed by atoms with Crippen LogP contribution in [0.3, 0.4) is 0 Å². The van der Waals surface area contributed by atoms with Gasteiger partial charge in [-0.05, 0) is 18.8 Å². The minimum atomic E-state index is -3.09. The van der Waals surface area contributed by atoms with Gasteiger partial charge in [-0.25, -0.2) is 13.1 Å². The molecular formula is C6H11NO3S. The summed E-state index contributed by atoms with van der Waals surface area (Å²) >= 11 is 0. The summed E-state index contributed by atoms with van der Waals surface area (Å²) in [7, 11) is -3.09. The Morgan fingerprint density at radius 3 is 2.55 bits per heavy atom. The summed E-state index contributed by atoms with van der Waals surface area (Å²) in [5.41, 5.74) is 0. The minimum Gasteiger partial charge on any atom is -0.359 e. The normalized spacial score (nSPS) is 36.9. The number of sulfonamides is 1. The Hall–Kier alpha value is -0.130. The molecule has 4 nitrogen and oxygen atoms in total. The Bertz CT molecular complexity index is 231. The maximum atomic E-state index is 10.8. The van der Waals surface area contributed by atoms with Crippen LogP contribution in [0.2, 0.25) is 0 Å². The van der Waals surface area contributed by atoms with Crippen molar-refractivity contribution in [3.05, 3.63) is 0 Å². The fourth-order valence-corrected chi connectivity index (χ4v) is 2.11. The highest BCUT2D eigenvalue weighted by atomic mass is 32.2. The van der Waals surface area contributed by atoms with Crippen molar-refractivity contribution < 1.29 is 13.2 Å². The van der Waals surface area contributed by atoms with Gasteiger partial charge in [0.1, 0.15) is 0 Å². The molecule has 0 spiro atoms. The van der Waals surface area contributed by atoms with Crippen LogP contribution in [0.4, 0.5) is 0 Å². The lowest BCUT2D eigenvalue weighted by molar-refractivity contribution is 0.0616. The Labute approximate surface area is 66.0 Å². The van der Waals surface area contributed by atoms with Gasteiger partial charge in [-0.2, -0.15) is 0 Å². The molecule has 0 aromatic carbocycles. The van der Waals surface area contributed by atoms with E-state index in [1.165, 1.54) is 12.8 Å². The van der Waals surface area contributed by atoms with E-state index in [0.717, 1.165) is 0 Å². The molecule has 0 amide bonds. The van der Waals surface area contributed by atoms with Crippen LogP contribution in [0.5, 0.6) is 0 Å². The number of ether oxygens (including phenoxy) is 1. The molecule has 2 aliphatic rings. The lowest BCUT2D eigenvalue weighted by Gasteiger charge is -2.22. The fourth-order valence-electron chi connectivity index (χ4n) is 1.26. The van der Waals surface area contributed by atoms with Gasteiger partial charge in [-0.1, -0.05) is 0 Å². The Kier molecular flexibility index (Phi) is 1.66. The number of rotatable bonds is 1. The quantitative estimate of drug-likeness (QED) is 0.597. The summed E-state index contributed by atoms with van der Waals surface area (Å²) in [6.07, 6.45) is 2.51. The second-order valence-corrected chi connectivity index (χ2v) is 4.88. The number of hydrogen-bond acceptors (Lipinski definition) is 3. The van der Waals surface area contributed by atoms with E-state index in [-0.39, 0.29) is 12.0 Å². The van der Waals surface area contributed by atoms with E-state index in [9.17, 15) is 8.42 Å². The van der Waals surface area contributed by atoms with Crippen LogP contribution >= 0.6 is 0 Å². The third kappa shape index (κ3) is 1.72. The summed E-state index contributed by atoms with van der Waals surface area (Å²) in [5, 5.41) is 0. The molecule has 11 heavy (non-hydrogen) atoms. The second kappa shape index (κ2) is 2.43. The van der Waals surface area contributed by atoms with Crippen molar-refractivity contribution in [1.82, 2.24) is 4.72 Å². The van der Waals surface area contributed by atoms with E-state index in [1.54, 1.807) is 0 Å². The van der Waals surface area contributed by atoms with Gasteiger partial charge in [0.2, 0.25) is 10.0 Å². The Balaban J connectivity index is 1.93. The predicted octanol–water partition coefficient (Wildman–Crippen LogP) is -0.328. The molecule has 1 atom stereocenters. The van der Waals surface area contributed by atoms with Gasteiger partial charge < -0.3 is 4.74 Å². The molecule has 0 aromatic rings. The van der Waals surface area contributed by atoms with Gasteiger partial charge in [0.15, 0.2) is 5.94 Å². The SMILES string of the molecule is O=S1(=O)COC(C2CC2)CN1. The molecule has 1 aliphatic carbocycles. The molecule has 1 saturated carbocycles. The molecule has 1 heterocycles. The Morgan fingerprint density at radius 2 is 2.09 bits per heavy atom. The van der Waals surface area contributed by atoms with E-state index in [1.807, 2.05) is 0 Å². The molecule has 1 N–H and O–H groups in total. The standard InChI is InChI=1S/C6H11NO3S/c8-11(9)4-10-6(3-7-11)5-1-2-5/h5-7H,1-4H2. The van der Waals surface area contributed by atoms with E-state index < -0.39 is 10.0 Å². The average Bonchev–Trinajstić information content (AvgIpc) is 2.70. The average molecular weight is 177 g/mol. The molecule has 2 rings (SSSR count). The minimum absolute atomic E-state index is 0.138. The molecule has 0 aromatic heterocycles. The van der Waals surface area contributed by atoms with Gasteiger partial charge in [-0.15, -0.1) is 0 Å². The smallest absolute Gasteiger partial charge is 0.235 e. The largest absolute Gasteiger partial charge is 0.359 e. The number of nitrogens with one attached hydrogen (secondary N) is 1.